The number of aryl methyl sites for hydroxylation is 2. The van der Waals surface area contributed by atoms with Gasteiger partial charge in [0.25, 0.3) is 5.91 Å². The summed E-state index contributed by atoms with van der Waals surface area (Å²) in [6.07, 6.45) is 0. The number of carbonyl (C=O) groups is 1. The number of aromatic nitrogens is 4. The van der Waals surface area contributed by atoms with Crippen LogP contribution in [0.1, 0.15) is 35.2 Å². The topological polar surface area (TPSA) is 94.0 Å². The van der Waals surface area contributed by atoms with Gasteiger partial charge in [-0.3, -0.25) is 4.79 Å². The third-order valence-electron chi connectivity index (χ3n) is 6.03. The van der Waals surface area contributed by atoms with Crippen LogP contribution in [0.2, 0.25) is 0 Å². The van der Waals surface area contributed by atoms with Gasteiger partial charge in [-0.05, 0) is 66.1 Å². The molecule has 5 rings (SSSR count). The Bertz CT molecular complexity index is 1390. The molecule has 0 saturated carbocycles. The normalized spacial score (nSPS) is 14.8. The molecular formula is C27H26N6O2. The van der Waals surface area contributed by atoms with Gasteiger partial charge < -0.3 is 15.4 Å². The number of fused-ring (bicyclic) bond motifs is 1. The number of benzene rings is 3. The van der Waals surface area contributed by atoms with E-state index in [-0.39, 0.29) is 5.91 Å². The number of allylic oxidation sites excluding steroid dienone is 1. The molecule has 8 heteroatoms. The number of ether oxygens (including phenoxy) is 1. The molecule has 8 nitrogen and oxygen atoms in total. The van der Waals surface area contributed by atoms with Gasteiger partial charge in [0.05, 0.1) is 5.57 Å². The summed E-state index contributed by atoms with van der Waals surface area (Å²) in [5.41, 5.74) is 6.12. The molecule has 1 aromatic heterocycles. The van der Waals surface area contributed by atoms with Crippen molar-refractivity contribution in [3.8, 4) is 5.75 Å². The Labute approximate surface area is 203 Å². The van der Waals surface area contributed by atoms with Crippen LogP contribution in [-0.4, -0.2) is 26.1 Å². The molecule has 0 bridgehead atoms. The third kappa shape index (κ3) is 4.63. The predicted octanol–water partition coefficient (Wildman–Crippen LogP) is 4.80. The van der Waals surface area contributed by atoms with E-state index in [9.17, 15) is 4.79 Å². The number of amides is 1. The first-order valence-electron chi connectivity index (χ1n) is 11.4. The van der Waals surface area contributed by atoms with Crippen LogP contribution in [0.25, 0.3) is 0 Å². The van der Waals surface area contributed by atoms with Crippen molar-refractivity contribution in [2.24, 2.45) is 0 Å². The molecule has 0 spiro atoms. The maximum absolute atomic E-state index is 13.5. The molecule has 0 saturated heterocycles. The maximum atomic E-state index is 13.5. The van der Waals surface area contributed by atoms with Crippen molar-refractivity contribution in [2.75, 3.05) is 10.6 Å². The van der Waals surface area contributed by atoms with Gasteiger partial charge in [-0.1, -0.05) is 65.3 Å². The van der Waals surface area contributed by atoms with Crippen LogP contribution in [0, 0.1) is 13.8 Å². The zero-order chi connectivity index (χ0) is 24.4. The van der Waals surface area contributed by atoms with Crippen molar-refractivity contribution in [1.82, 2.24) is 20.2 Å². The van der Waals surface area contributed by atoms with Crippen LogP contribution >= 0.6 is 0 Å². The Hall–Kier alpha value is -4.46. The number of nitrogens with zero attached hydrogens (tertiary/aromatic N) is 4. The van der Waals surface area contributed by atoms with Gasteiger partial charge in [-0.2, -0.15) is 4.68 Å². The highest BCUT2D eigenvalue weighted by atomic mass is 16.5. The molecule has 35 heavy (non-hydrogen) atoms. The summed E-state index contributed by atoms with van der Waals surface area (Å²) in [5, 5.41) is 18.3. The third-order valence-corrected chi connectivity index (χ3v) is 6.03. The Balaban J connectivity index is 1.43. The Morgan fingerprint density at radius 1 is 1.03 bits per heavy atom. The number of carbonyl (C=O) groups excluding carboxylic acids is 1. The number of rotatable bonds is 6. The molecule has 1 aliphatic rings. The molecule has 3 aromatic carbocycles. The van der Waals surface area contributed by atoms with E-state index in [1.165, 1.54) is 0 Å². The summed E-state index contributed by atoms with van der Waals surface area (Å²) in [4.78, 5) is 13.5. The lowest BCUT2D eigenvalue weighted by atomic mass is 9.94. The van der Waals surface area contributed by atoms with E-state index in [0.29, 0.717) is 23.8 Å². The zero-order valence-corrected chi connectivity index (χ0v) is 19.8. The van der Waals surface area contributed by atoms with Crippen LogP contribution in [0.5, 0.6) is 5.75 Å². The average molecular weight is 467 g/mol. The van der Waals surface area contributed by atoms with Crippen molar-refractivity contribution in [1.29, 1.82) is 0 Å². The highest BCUT2D eigenvalue weighted by Crippen LogP contribution is 2.35. The van der Waals surface area contributed by atoms with E-state index in [0.717, 1.165) is 33.7 Å². The molecule has 0 fully saturated rings. The second-order valence-corrected chi connectivity index (χ2v) is 8.63. The predicted molar refractivity (Wildman–Crippen MR) is 134 cm³/mol. The fourth-order valence-electron chi connectivity index (χ4n) is 4.25. The van der Waals surface area contributed by atoms with E-state index >= 15 is 0 Å². The quantitative estimate of drug-likeness (QED) is 0.424. The first-order valence-corrected chi connectivity index (χ1v) is 11.4. The van der Waals surface area contributed by atoms with E-state index < -0.39 is 6.04 Å². The molecule has 1 aliphatic heterocycles. The van der Waals surface area contributed by atoms with Crippen molar-refractivity contribution in [2.45, 2.75) is 33.4 Å². The standard InChI is InChI=1S/C27H26N6O2/c1-17-9-14-23(18(2)15-17)29-26(34)24-19(3)28-27-30-31-32-33(27)25(24)21-10-12-22(13-11-21)35-16-20-7-5-4-6-8-20/h4-15,25H,16H2,1-3H3,(H,29,34)(H,28,30,32). The molecule has 4 aromatic rings. The van der Waals surface area contributed by atoms with Crippen molar-refractivity contribution in [3.63, 3.8) is 0 Å². The lowest BCUT2D eigenvalue weighted by molar-refractivity contribution is -0.113. The zero-order valence-electron chi connectivity index (χ0n) is 19.8. The summed E-state index contributed by atoms with van der Waals surface area (Å²) >= 11 is 0. The second kappa shape index (κ2) is 9.42. The smallest absolute Gasteiger partial charge is 0.255 e. The Morgan fingerprint density at radius 3 is 2.54 bits per heavy atom. The van der Waals surface area contributed by atoms with Gasteiger partial charge in [0.15, 0.2) is 0 Å². The first-order chi connectivity index (χ1) is 17.0. The average Bonchev–Trinajstić information content (AvgIpc) is 3.32. The molecule has 0 radical (unpaired) electrons. The van der Waals surface area contributed by atoms with Crippen molar-refractivity contribution >= 4 is 17.5 Å². The minimum Gasteiger partial charge on any atom is -0.489 e. The number of hydrogen-bond donors (Lipinski definition) is 2. The monoisotopic (exact) mass is 466 g/mol. The number of anilines is 2. The summed E-state index contributed by atoms with van der Waals surface area (Å²) in [7, 11) is 0. The van der Waals surface area contributed by atoms with Gasteiger partial charge in [-0.25, -0.2) is 0 Å². The van der Waals surface area contributed by atoms with Gasteiger partial charge >= 0.3 is 0 Å². The Kier molecular flexibility index (Phi) is 6.01. The lowest BCUT2D eigenvalue weighted by Crippen LogP contribution is -2.31. The second-order valence-electron chi connectivity index (χ2n) is 8.63. The van der Waals surface area contributed by atoms with E-state index in [1.807, 2.05) is 93.6 Å². The lowest BCUT2D eigenvalue weighted by Gasteiger charge is -2.28. The Morgan fingerprint density at radius 2 is 1.80 bits per heavy atom. The van der Waals surface area contributed by atoms with E-state index in [2.05, 4.69) is 26.2 Å². The van der Waals surface area contributed by atoms with Crippen molar-refractivity contribution in [3.05, 3.63) is 106 Å². The molecule has 1 amide bonds. The van der Waals surface area contributed by atoms with Gasteiger partial charge in [-0.15, -0.1) is 0 Å². The van der Waals surface area contributed by atoms with Crippen LogP contribution < -0.4 is 15.4 Å². The van der Waals surface area contributed by atoms with Gasteiger partial charge in [0.2, 0.25) is 5.95 Å². The van der Waals surface area contributed by atoms with E-state index in [1.54, 1.807) is 4.68 Å². The van der Waals surface area contributed by atoms with Crippen LogP contribution in [0.4, 0.5) is 11.6 Å². The summed E-state index contributed by atoms with van der Waals surface area (Å²) in [6, 6.07) is 23.2. The van der Waals surface area contributed by atoms with E-state index in [4.69, 9.17) is 4.74 Å². The minimum atomic E-state index is -0.491. The molecule has 1 unspecified atom stereocenters. The molecule has 0 aliphatic carbocycles. The molecular weight excluding hydrogens is 440 g/mol. The number of hydrogen-bond acceptors (Lipinski definition) is 6. The first kappa shape index (κ1) is 22.3. The highest BCUT2D eigenvalue weighted by Gasteiger charge is 2.34. The molecule has 2 N–H and O–H groups in total. The molecule has 2 heterocycles. The maximum Gasteiger partial charge on any atom is 0.255 e. The van der Waals surface area contributed by atoms with Crippen LogP contribution in [0.15, 0.2) is 84.1 Å². The number of nitrogens with one attached hydrogen (secondary N) is 2. The summed E-state index contributed by atoms with van der Waals surface area (Å²) in [6.45, 7) is 6.35. The largest absolute Gasteiger partial charge is 0.489 e. The SMILES string of the molecule is CC1=C(C(=O)Nc2ccc(C)cc2C)C(c2ccc(OCc3ccccc3)cc2)n2nnnc2N1. The van der Waals surface area contributed by atoms with Crippen LogP contribution in [-0.2, 0) is 11.4 Å². The van der Waals surface area contributed by atoms with Gasteiger partial charge in [0.1, 0.15) is 18.4 Å². The number of tetrazole rings is 1. The highest BCUT2D eigenvalue weighted by molar-refractivity contribution is 6.06. The summed E-state index contributed by atoms with van der Waals surface area (Å²) < 4.78 is 7.56. The molecule has 1 atom stereocenters. The summed E-state index contributed by atoms with van der Waals surface area (Å²) in [5.74, 6) is 1.02. The fourth-order valence-corrected chi connectivity index (χ4v) is 4.25. The minimum absolute atomic E-state index is 0.211. The van der Waals surface area contributed by atoms with Crippen LogP contribution in [0.3, 0.4) is 0 Å². The molecule has 176 valence electrons. The van der Waals surface area contributed by atoms with Crippen molar-refractivity contribution < 1.29 is 9.53 Å². The fraction of sp³-hybridized carbons (Fsp3) is 0.185. The van der Waals surface area contributed by atoms with Gasteiger partial charge in [0, 0.05) is 11.4 Å².